The van der Waals surface area contributed by atoms with E-state index in [1.54, 1.807) is 0 Å². The maximum Gasteiger partial charge on any atom is 0.132 e. The van der Waals surface area contributed by atoms with E-state index in [0.717, 1.165) is 12.1 Å². The number of aryl methyl sites for hydroxylation is 2. The number of halogens is 4. The summed E-state index contributed by atoms with van der Waals surface area (Å²) < 4.78 is 53.7. The van der Waals surface area contributed by atoms with Crippen LogP contribution in [-0.2, 0) is 0 Å². The van der Waals surface area contributed by atoms with Crippen LogP contribution in [0.15, 0.2) is 24.3 Å². The van der Waals surface area contributed by atoms with Crippen molar-refractivity contribution < 1.29 is 22.7 Å². The van der Waals surface area contributed by atoms with Crippen molar-refractivity contribution in [3.8, 4) is 0 Å². The fraction of sp³-hybridized carbons (Fsp3) is 0.200. The first kappa shape index (κ1) is 14.5. The van der Waals surface area contributed by atoms with E-state index in [1.807, 2.05) is 0 Å². The summed E-state index contributed by atoms with van der Waals surface area (Å²) in [5.74, 6) is -3.48. The van der Waals surface area contributed by atoms with Crippen molar-refractivity contribution >= 4 is 0 Å². The lowest BCUT2D eigenvalue weighted by Crippen LogP contribution is -2.07. The Labute approximate surface area is 113 Å². The monoisotopic (exact) mass is 284 g/mol. The van der Waals surface area contributed by atoms with Gasteiger partial charge in [-0.25, -0.2) is 17.6 Å². The van der Waals surface area contributed by atoms with Gasteiger partial charge in [0.05, 0.1) is 0 Å². The maximum absolute atomic E-state index is 13.7. The van der Waals surface area contributed by atoms with Gasteiger partial charge in [-0.1, -0.05) is 0 Å². The molecule has 2 aromatic carbocycles. The van der Waals surface area contributed by atoms with Crippen molar-refractivity contribution in [2.75, 3.05) is 0 Å². The largest absolute Gasteiger partial charge is 0.383 e. The molecule has 2 aromatic rings. The molecule has 20 heavy (non-hydrogen) atoms. The number of benzene rings is 2. The molecule has 0 heterocycles. The zero-order valence-electron chi connectivity index (χ0n) is 10.8. The molecule has 0 aliphatic carbocycles. The highest BCUT2D eigenvalue weighted by Gasteiger charge is 2.21. The molecule has 0 bridgehead atoms. The molecule has 1 nitrogen and oxygen atoms in total. The van der Waals surface area contributed by atoms with Gasteiger partial charge in [0, 0.05) is 23.3 Å². The predicted octanol–water partition coefficient (Wildman–Crippen LogP) is 3.94. The predicted molar refractivity (Wildman–Crippen MR) is 66.3 cm³/mol. The second-order valence-electron chi connectivity index (χ2n) is 4.65. The molecular formula is C15H12F4O. The standard InChI is InChI=1S/C15H12F4O/c1-7-3-9(13(18)5-11(7)16)15(20)10-4-8(2)12(17)6-14(10)19/h3-6,15,20H,1-2H3. The summed E-state index contributed by atoms with van der Waals surface area (Å²) in [6, 6.07) is 3.46. The number of aliphatic hydroxyl groups is 1. The van der Waals surface area contributed by atoms with Crippen LogP contribution in [0.4, 0.5) is 17.6 Å². The summed E-state index contributed by atoms with van der Waals surface area (Å²) in [5.41, 5.74) is -0.262. The van der Waals surface area contributed by atoms with E-state index < -0.39 is 29.4 Å². The first-order chi connectivity index (χ1) is 9.31. The number of rotatable bonds is 2. The molecule has 0 aliphatic heterocycles. The van der Waals surface area contributed by atoms with E-state index in [0.29, 0.717) is 12.1 Å². The maximum atomic E-state index is 13.7. The highest BCUT2D eigenvalue weighted by molar-refractivity contribution is 5.36. The molecule has 0 saturated heterocycles. The lowest BCUT2D eigenvalue weighted by molar-refractivity contribution is 0.209. The molecule has 0 aromatic heterocycles. The Morgan fingerprint density at radius 1 is 0.700 bits per heavy atom. The van der Waals surface area contributed by atoms with Gasteiger partial charge in [0.25, 0.3) is 0 Å². The van der Waals surface area contributed by atoms with Crippen LogP contribution < -0.4 is 0 Å². The first-order valence-electron chi connectivity index (χ1n) is 5.90. The Bertz CT molecular complexity index is 610. The normalized spacial score (nSPS) is 11.2. The SMILES string of the molecule is Cc1cc(C(O)c2cc(C)c(F)cc2F)c(F)cc1F. The number of hydrogen-bond donors (Lipinski definition) is 1. The van der Waals surface area contributed by atoms with Crippen LogP contribution >= 0.6 is 0 Å². The summed E-state index contributed by atoms with van der Waals surface area (Å²) in [4.78, 5) is 0. The summed E-state index contributed by atoms with van der Waals surface area (Å²) in [7, 11) is 0. The van der Waals surface area contributed by atoms with Gasteiger partial charge in [0.1, 0.15) is 29.4 Å². The van der Waals surface area contributed by atoms with Crippen LogP contribution in [0.25, 0.3) is 0 Å². The van der Waals surface area contributed by atoms with Gasteiger partial charge >= 0.3 is 0 Å². The Morgan fingerprint density at radius 2 is 1.05 bits per heavy atom. The Morgan fingerprint density at radius 3 is 1.40 bits per heavy atom. The third-order valence-electron chi connectivity index (χ3n) is 3.15. The molecule has 0 fully saturated rings. The lowest BCUT2D eigenvalue weighted by atomic mass is 9.97. The summed E-state index contributed by atoms with van der Waals surface area (Å²) in [5, 5.41) is 10.1. The van der Waals surface area contributed by atoms with E-state index in [1.165, 1.54) is 13.8 Å². The molecule has 2 rings (SSSR count). The average Bonchev–Trinajstić information content (AvgIpc) is 2.37. The van der Waals surface area contributed by atoms with Crippen molar-refractivity contribution in [1.82, 2.24) is 0 Å². The minimum Gasteiger partial charge on any atom is -0.383 e. The van der Waals surface area contributed by atoms with Crippen LogP contribution in [0.1, 0.15) is 28.4 Å². The van der Waals surface area contributed by atoms with Crippen LogP contribution in [0.2, 0.25) is 0 Å². The third kappa shape index (κ3) is 2.54. The van der Waals surface area contributed by atoms with Gasteiger partial charge < -0.3 is 5.11 Å². The topological polar surface area (TPSA) is 20.2 Å². The molecule has 1 N–H and O–H groups in total. The van der Waals surface area contributed by atoms with Gasteiger partial charge in [0.15, 0.2) is 0 Å². The minimum absolute atomic E-state index is 0.125. The van der Waals surface area contributed by atoms with Gasteiger partial charge in [-0.2, -0.15) is 0 Å². The lowest BCUT2D eigenvalue weighted by Gasteiger charge is -2.15. The van der Waals surface area contributed by atoms with E-state index in [-0.39, 0.29) is 22.3 Å². The summed E-state index contributed by atoms with van der Waals surface area (Å²) >= 11 is 0. The highest BCUT2D eigenvalue weighted by Crippen LogP contribution is 2.29. The molecule has 106 valence electrons. The van der Waals surface area contributed by atoms with Crippen LogP contribution in [0.5, 0.6) is 0 Å². The van der Waals surface area contributed by atoms with Crippen LogP contribution in [-0.4, -0.2) is 5.11 Å². The fourth-order valence-corrected chi connectivity index (χ4v) is 1.95. The first-order valence-corrected chi connectivity index (χ1v) is 5.90. The Balaban J connectivity index is 2.54. The number of hydrogen-bond acceptors (Lipinski definition) is 1. The highest BCUT2D eigenvalue weighted by atomic mass is 19.1. The summed E-state index contributed by atoms with van der Waals surface area (Å²) in [6.07, 6.45) is -1.63. The van der Waals surface area contributed by atoms with Crippen molar-refractivity contribution in [2.45, 2.75) is 20.0 Å². The van der Waals surface area contributed by atoms with Gasteiger partial charge in [-0.05, 0) is 37.1 Å². The smallest absolute Gasteiger partial charge is 0.132 e. The molecule has 0 radical (unpaired) electrons. The molecule has 0 spiro atoms. The third-order valence-corrected chi connectivity index (χ3v) is 3.15. The quantitative estimate of drug-likeness (QED) is 0.828. The zero-order valence-corrected chi connectivity index (χ0v) is 10.8. The molecule has 0 unspecified atom stereocenters. The number of aliphatic hydroxyl groups excluding tert-OH is 1. The van der Waals surface area contributed by atoms with Gasteiger partial charge in [-0.15, -0.1) is 0 Å². The second kappa shape index (κ2) is 5.25. The molecule has 0 aliphatic rings. The van der Waals surface area contributed by atoms with Crippen molar-refractivity contribution in [2.24, 2.45) is 0 Å². The van der Waals surface area contributed by atoms with Crippen molar-refractivity contribution in [3.05, 3.63) is 69.8 Å². The Kier molecular flexibility index (Phi) is 3.81. The molecule has 0 amide bonds. The van der Waals surface area contributed by atoms with Crippen LogP contribution in [0.3, 0.4) is 0 Å². The zero-order chi connectivity index (χ0) is 15.0. The minimum atomic E-state index is -1.63. The average molecular weight is 284 g/mol. The van der Waals surface area contributed by atoms with Gasteiger partial charge in [-0.3, -0.25) is 0 Å². The molecular weight excluding hydrogens is 272 g/mol. The van der Waals surface area contributed by atoms with E-state index in [2.05, 4.69) is 0 Å². The molecule has 0 atom stereocenters. The summed E-state index contributed by atoms with van der Waals surface area (Å²) in [6.45, 7) is 2.80. The van der Waals surface area contributed by atoms with E-state index in [4.69, 9.17) is 0 Å². The van der Waals surface area contributed by atoms with Crippen molar-refractivity contribution in [1.29, 1.82) is 0 Å². The molecule has 0 saturated carbocycles. The van der Waals surface area contributed by atoms with Crippen LogP contribution in [0, 0.1) is 37.1 Å². The van der Waals surface area contributed by atoms with Crippen molar-refractivity contribution in [3.63, 3.8) is 0 Å². The fourth-order valence-electron chi connectivity index (χ4n) is 1.95. The molecule has 5 heteroatoms. The Hall–Kier alpha value is -1.88. The van der Waals surface area contributed by atoms with E-state index >= 15 is 0 Å². The van der Waals surface area contributed by atoms with Gasteiger partial charge in [0.2, 0.25) is 0 Å². The second-order valence-corrected chi connectivity index (χ2v) is 4.65. The van der Waals surface area contributed by atoms with E-state index in [9.17, 15) is 22.7 Å².